The van der Waals surface area contributed by atoms with E-state index in [1.54, 1.807) is 0 Å². The fourth-order valence-corrected chi connectivity index (χ4v) is 1.45. The maximum Gasteiger partial charge on any atom is 0.155 e. The number of halogens is 1. The summed E-state index contributed by atoms with van der Waals surface area (Å²) in [6.07, 6.45) is 9.22. The van der Waals surface area contributed by atoms with Crippen LogP contribution in [0.1, 0.15) is 5.56 Å². The third-order valence-electron chi connectivity index (χ3n) is 1.86. The molecular weight excluding hydrogens is 224 g/mol. The molecule has 2 rings (SSSR count). The van der Waals surface area contributed by atoms with Gasteiger partial charge in [0, 0.05) is 34.2 Å². The summed E-state index contributed by atoms with van der Waals surface area (Å²) >= 11 is 3.39. The summed E-state index contributed by atoms with van der Waals surface area (Å²) in [6, 6.07) is 10.2. The minimum absolute atomic E-state index is 1.06. The average molecular weight is 232 g/mol. The first-order chi connectivity index (χ1) is 6.36. The molecule has 0 bridgehead atoms. The van der Waals surface area contributed by atoms with Crippen LogP contribution in [0.2, 0.25) is 0 Å². The van der Waals surface area contributed by atoms with Gasteiger partial charge in [0.25, 0.3) is 0 Å². The van der Waals surface area contributed by atoms with Crippen LogP contribution in [-0.4, -0.2) is 0 Å². The van der Waals surface area contributed by atoms with Crippen LogP contribution in [0.5, 0.6) is 0 Å². The molecule has 0 heterocycles. The Hall–Kier alpha value is -1.17. The van der Waals surface area contributed by atoms with Gasteiger partial charge in [-0.1, -0.05) is 18.2 Å². The Balaban J connectivity index is 2.36. The van der Waals surface area contributed by atoms with Crippen molar-refractivity contribution in [3.63, 3.8) is 0 Å². The summed E-state index contributed by atoms with van der Waals surface area (Å²) in [7, 11) is 0. The highest BCUT2D eigenvalue weighted by Crippen LogP contribution is 2.21. The number of rotatable bonds is 1. The lowest BCUT2D eigenvalue weighted by molar-refractivity contribution is 1.59. The summed E-state index contributed by atoms with van der Waals surface area (Å²) in [5.74, 6) is 0. The van der Waals surface area contributed by atoms with Crippen molar-refractivity contribution < 1.29 is 0 Å². The number of hydrogen-bond donors (Lipinski definition) is 0. The zero-order valence-corrected chi connectivity index (χ0v) is 8.58. The fourth-order valence-electron chi connectivity index (χ4n) is 1.20. The lowest BCUT2D eigenvalue weighted by atomic mass is 10.0. The Labute approximate surface area is 86.4 Å². The summed E-state index contributed by atoms with van der Waals surface area (Å²) < 4.78 is 1.06. The molecule has 0 aliphatic heterocycles. The molecule has 0 N–H and O–H groups in total. The predicted octanol–water partition coefficient (Wildman–Crippen LogP) is 3.72. The van der Waals surface area contributed by atoms with Crippen molar-refractivity contribution in [1.29, 1.82) is 0 Å². The second kappa shape index (κ2) is 3.69. The molecule has 13 heavy (non-hydrogen) atoms. The van der Waals surface area contributed by atoms with E-state index >= 15 is 0 Å². The number of benzene rings is 1. The van der Waals surface area contributed by atoms with Gasteiger partial charge in [0.1, 0.15) is 4.48 Å². The highest BCUT2D eigenvalue weighted by molar-refractivity contribution is 9.11. The monoisotopic (exact) mass is 231 g/mol. The largest absolute Gasteiger partial charge is 0.155 e. The van der Waals surface area contributed by atoms with Crippen molar-refractivity contribution in [2.75, 3.05) is 0 Å². The topological polar surface area (TPSA) is 0 Å². The third kappa shape index (κ3) is 1.95. The molecular formula is C12H8Br+. The molecule has 1 aliphatic carbocycles. The van der Waals surface area contributed by atoms with Gasteiger partial charge in [0.2, 0.25) is 0 Å². The number of hydrogen-bond acceptors (Lipinski definition) is 0. The van der Waals surface area contributed by atoms with Crippen LogP contribution in [-0.2, 0) is 0 Å². The third-order valence-corrected chi connectivity index (χ3v) is 2.35. The first kappa shape index (κ1) is 8.43. The van der Waals surface area contributed by atoms with E-state index in [2.05, 4.69) is 40.2 Å². The minimum Gasteiger partial charge on any atom is -0.0605 e. The van der Waals surface area contributed by atoms with Gasteiger partial charge in [-0.15, -0.1) is 0 Å². The molecule has 0 atom stereocenters. The van der Waals surface area contributed by atoms with Gasteiger partial charge in [-0.2, -0.15) is 0 Å². The molecule has 1 aromatic rings. The van der Waals surface area contributed by atoms with Gasteiger partial charge in [0.05, 0.1) is 11.6 Å². The van der Waals surface area contributed by atoms with E-state index < -0.39 is 0 Å². The van der Waals surface area contributed by atoms with Crippen molar-refractivity contribution in [3.8, 4) is 0 Å². The van der Waals surface area contributed by atoms with Crippen molar-refractivity contribution in [1.82, 2.24) is 0 Å². The van der Waals surface area contributed by atoms with Gasteiger partial charge in [-0.25, -0.2) is 0 Å². The Morgan fingerprint density at radius 2 is 1.77 bits per heavy atom. The summed E-state index contributed by atoms with van der Waals surface area (Å²) in [5.41, 5.74) is 2.33. The molecule has 0 saturated heterocycles. The average Bonchev–Trinajstić information content (AvgIpc) is 2.20. The molecule has 1 heteroatoms. The molecule has 62 valence electrons. The van der Waals surface area contributed by atoms with Crippen LogP contribution in [0, 0.1) is 6.08 Å². The smallest absolute Gasteiger partial charge is 0.0605 e. The van der Waals surface area contributed by atoms with Gasteiger partial charge in [-0.05, 0) is 12.1 Å². The van der Waals surface area contributed by atoms with Crippen LogP contribution in [0.3, 0.4) is 0 Å². The predicted molar refractivity (Wildman–Crippen MR) is 59.2 cm³/mol. The zero-order chi connectivity index (χ0) is 9.10. The molecule has 0 unspecified atom stereocenters. The molecule has 0 fully saturated rings. The lowest BCUT2D eigenvalue weighted by Crippen LogP contribution is -1.83. The molecule has 0 nitrogen and oxygen atoms in total. The quantitative estimate of drug-likeness (QED) is 0.647. The van der Waals surface area contributed by atoms with Crippen LogP contribution < -0.4 is 0 Å². The van der Waals surface area contributed by atoms with Crippen molar-refractivity contribution in [3.05, 3.63) is 64.7 Å². The van der Waals surface area contributed by atoms with E-state index in [-0.39, 0.29) is 0 Å². The van der Waals surface area contributed by atoms with Gasteiger partial charge in [-0.3, -0.25) is 0 Å². The van der Waals surface area contributed by atoms with Crippen LogP contribution >= 0.6 is 15.9 Å². The van der Waals surface area contributed by atoms with Crippen molar-refractivity contribution in [2.45, 2.75) is 0 Å². The van der Waals surface area contributed by atoms with Gasteiger partial charge < -0.3 is 0 Å². The Bertz CT molecular complexity index is 383. The Morgan fingerprint density at radius 1 is 1.00 bits per heavy atom. The molecule has 0 spiro atoms. The fraction of sp³-hybridized carbons (Fsp3) is 0. The van der Waals surface area contributed by atoms with Crippen molar-refractivity contribution >= 4 is 21.5 Å². The first-order valence-electron chi connectivity index (χ1n) is 4.09. The molecule has 0 saturated carbocycles. The molecule has 1 aliphatic rings. The SMILES string of the molecule is BrC1=C[C+]=C(c2ccccc2)C=C1. The lowest BCUT2D eigenvalue weighted by Gasteiger charge is -1.94. The maximum atomic E-state index is 3.39. The van der Waals surface area contributed by atoms with Crippen molar-refractivity contribution in [2.24, 2.45) is 0 Å². The van der Waals surface area contributed by atoms with E-state index in [1.807, 2.05) is 30.4 Å². The van der Waals surface area contributed by atoms with Gasteiger partial charge >= 0.3 is 0 Å². The van der Waals surface area contributed by atoms with Crippen LogP contribution in [0.15, 0.2) is 53.0 Å². The highest BCUT2D eigenvalue weighted by atomic mass is 79.9. The first-order valence-corrected chi connectivity index (χ1v) is 4.88. The highest BCUT2D eigenvalue weighted by Gasteiger charge is 2.09. The summed E-state index contributed by atoms with van der Waals surface area (Å²) in [6.45, 7) is 0. The molecule has 1 aromatic carbocycles. The second-order valence-electron chi connectivity index (χ2n) is 2.79. The van der Waals surface area contributed by atoms with Crippen LogP contribution in [0.4, 0.5) is 0 Å². The minimum atomic E-state index is 1.06. The summed E-state index contributed by atoms with van der Waals surface area (Å²) in [5, 5.41) is 0. The van der Waals surface area contributed by atoms with E-state index in [0.717, 1.165) is 10.1 Å². The number of allylic oxidation sites excluding steroid dienone is 6. The standard InChI is InChI=1S/C12H8Br/c13-12-8-6-11(7-9-12)10-4-2-1-3-5-10/h1-6,8-9H/q+1. The Kier molecular flexibility index (Phi) is 2.40. The molecule has 0 amide bonds. The van der Waals surface area contributed by atoms with E-state index in [1.165, 1.54) is 5.56 Å². The van der Waals surface area contributed by atoms with E-state index in [0.29, 0.717) is 0 Å². The summed E-state index contributed by atoms with van der Waals surface area (Å²) in [4.78, 5) is 0. The van der Waals surface area contributed by atoms with E-state index in [9.17, 15) is 0 Å². The van der Waals surface area contributed by atoms with E-state index in [4.69, 9.17) is 0 Å². The normalized spacial score (nSPS) is 14.5. The second-order valence-corrected chi connectivity index (χ2v) is 3.70. The van der Waals surface area contributed by atoms with Gasteiger partial charge in [0.15, 0.2) is 5.57 Å². The zero-order valence-electron chi connectivity index (χ0n) is 7.00. The van der Waals surface area contributed by atoms with Crippen LogP contribution in [0.25, 0.3) is 5.57 Å². The molecule has 0 aromatic heterocycles. The Morgan fingerprint density at radius 3 is 2.38 bits per heavy atom. The molecule has 0 radical (unpaired) electrons. The maximum absolute atomic E-state index is 3.39.